The molecule has 0 unspecified atom stereocenters. The van der Waals surface area contributed by atoms with Gasteiger partial charge in [0.05, 0.1) is 22.3 Å². The Morgan fingerprint density at radius 3 is 2.46 bits per heavy atom. The lowest BCUT2D eigenvalue weighted by molar-refractivity contribution is -0.118. The zero-order chi connectivity index (χ0) is 19.1. The van der Waals surface area contributed by atoms with Crippen molar-refractivity contribution in [3.8, 4) is 11.8 Å². The topological polar surface area (TPSA) is 88.4 Å². The van der Waals surface area contributed by atoms with E-state index >= 15 is 0 Å². The summed E-state index contributed by atoms with van der Waals surface area (Å²) in [5, 5.41) is 11.7. The third-order valence-corrected chi connectivity index (χ3v) is 3.49. The third kappa shape index (κ3) is 5.50. The Morgan fingerprint density at radius 2 is 1.88 bits per heavy atom. The Hall–Kier alpha value is -3.04. The molecule has 1 amide bonds. The number of carbonyl (C=O) groups is 2. The molecule has 0 saturated carbocycles. The van der Waals surface area contributed by atoms with Gasteiger partial charge in [0.1, 0.15) is 11.8 Å². The van der Waals surface area contributed by atoms with Gasteiger partial charge in [-0.1, -0.05) is 11.6 Å². The van der Waals surface area contributed by atoms with E-state index in [0.29, 0.717) is 22.6 Å². The van der Waals surface area contributed by atoms with Crippen LogP contribution in [0.4, 0.5) is 5.69 Å². The van der Waals surface area contributed by atoms with E-state index in [2.05, 4.69) is 5.32 Å². The minimum atomic E-state index is -0.415. The molecule has 0 atom stereocenters. The number of rotatable bonds is 6. The highest BCUT2D eigenvalue weighted by Gasteiger charge is 2.10. The number of amides is 1. The molecular weight excluding hydrogens is 356 g/mol. The number of carbonyl (C=O) groups excluding carboxylic acids is 2. The fourth-order valence-electron chi connectivity index (χ4n) is 2.00. The molecule has 2 rings (SSSR count). The Balaban J connectivity index is 1.88. The molecule has 26 heavy (non-hydrogen) atoms. The molecule has 1 N–H and O–H groups in total. The van der Waals surface area contributed by atoms with Gasteiger partial charge in [0.15, 0.2) is 6.61 Å². The first kappa shape index (κ1) is 19.3. The Morgan fingerprint density at radius 1 is 1.19 bits per heavy atom. The molecule has 2 aromatic carbocycles. The second-order valence-corrected chi connectivity index (χ2v) is 6.03. The average Bonchev–Trinajstić information content (AvgIpc) is 2.60. The number of nitrogens with zero attached hydrogens (tertiary/aromatic N) is 1. The number of nitriles is 1. The van der Waals surface area contributed by atoms with Crippen molar-refractivity contribution in [2.24, 2.45) is 0 Å². The second kappa shape index (κ2) is 8.88. The first-order valence-corrected chi connectivity index (χ1v) is 8.20. The summed E-state index contributed by atoms with van der Waals surface area (Å²) >= 11 is 5.91. The summed E-state index contributed by atoms with van der Waals surface area (Å²) in [6.07, 6.45) is -0.196. The highest BCUT2D eigenvalue weighted by Crippen LogP contribution is 2.20. The van der Waals surface area contributed by atoms with Crippen LogP contribution in [-0.4, -0.2) is 24.6 Å². The van der Waals surface area contributed by atoms with Crippen LogP contribution in [0.3, 0.4) is 0 Å². The quantitative estimate of drug-likeness (QED) is 0.779. The predicted octanol–water partition coefficient (Wildman–Crippen LogP) is 3.79. The summed E-state index contributed by atoms with van der Waals surface area (Å²) in [5.41, 5.74) is 1.20. The second-order valence-electron chi connectivity index (χ2n) is 5.62. The van der Waals surface area contributed by atoms with E-state index in [0.717, 1.165) is 0 Å². The number of esters is 1. The summed E-state index contributed by atoms with van der Waals surface area (Å²) in [6.45, 7) is 3.33. The number of anilines is 1. The maximum atomic E-state index is 11.9. The van der Waals surface area contributed by atoms with Crippen molar-refractivity contribution in [2.75, 3.05) is 11.9 Å². The van der Waals surface area contributed by atoms with E-state index in [1.54, 1.807) is 44.2 Å². The summed E-state index contributed by atoms with van der Waals surface area (Å²) in [5.74, 6) is -0.352. The molecule has 0 spiro atoms. The zero-order valence-corrected chi connectivity index (χ0v) is 15.0. The van der Waals surface area contributed by atoms with E-state index < -0.39 is 5.97 Å². The maximum Gasteiger partial charge on any atom is 0.338 e. The van der Waals surface area contributed by atoms with Crippen molar-refractivity contribution in [1.29, 1.82) is 5.26 Å². The van der Waals surface area contributed by atoms with Crippen LogP contribution < -0.4 is 10.1 Å². The van der Waals surface area contributed by atoms with Crippen molar-refractivity contribution in [3.05, 3.63) is 58.6 Å². The number of halogens is 1. The van der Waals surface area contributed by atoms with Gasteiger partial charge in [-0.05, 0) is 56.3 Å². The highest BCUT2D eigenvalue weighted by molar-refractivity contribution is 6.32. The number of nitrogens with one attached hydrogen (secondary N) is 1. The van der Waals surface area contributed by atoms with Crippen LogP contribution in [-0.2, 0) is 9.53 Å². The van der Waals surface area contributed by atoms with E-state index in [1.165, 1.54) is 12.1 Å². The largest absolute Gasteiger partial charge is 0.484 e. The molecule has 0 heterocycles. The molecule has 0 aromatic heterocycles. The van der Waals surface area contributed by atoms with Gasteiger partial charge in [-0.2, -0.15) is 5.26 Å². The van der Waals surface area contributed by atoms with Crippen LogP contribution in [0.1, 0.15) is 29.8 Å². The lowest BCUT2D eigenvalue weighted by atomic mass is 10.2. The van der Waals surface area contributed by atoms with Crippen LogP contribution in [0, 0.1) is 11.3 Å². The lowest BCUT2D eigenvalue weighted by Gasteiger charge is -2.10. The van der Waals surface area contributed by atoms with Crippen molar-refractivity contribution >= 4 is 29.2 Å². The molecule has 0 radical (unpaired) electrons. The summed E-state index contributed by atoms with van der Waals surface area (Å²) in [6, 6.07) is 12.8. The first-order chi connectivity index (χ1) is 12.4. The van der Waals surface area contributed by atoms with Crippen molar-refractivity contribution in [3.63, 3.8) is 0 Å². The molecule has 0 bridgehead atoms. The van der Waals surface area contributed by atoms with Gasteiger partial charge < -0.3 is 14.8 Å². The van der Waals surface area contributed by atoms with Crippen molar-refractivity contribution in [1.82, 2.24) is 0 Å². The van der Waals surface area contributed by atoms with Gasteiger partial charge in [-0.15, -0.1) is 0 Å². The Kier molecular flexibility index (Phi) is 6.59. The minimum Gasteiger partial charge on any atom is -0.484 e. The summed E-state index contributed by atoms with van der Waals surface area (Å²) in [7, 11) is 0. The molecule has 0 aliphatic carbocycles. The van der Waals surface area contributed by atoms with Crippen LogP contribution in [0.2, 0.25) is 5.02 Å². The van der Waals surface area contributed by atoms with Crippen LogP contribution in [0.5, 0.6) is 5.75 Å². The molecule has 0 fully saturated rings. The fraction of sp³-hybridized carbons (Fsp3) is 0.211. The van der Waals surface area contributed by atoms with Crippen molar-refractivity contribution < 1.29 is 19.1 Å². The van der Waals surface area contributed by atoms with E-state index in [9.17, 15) is 9.59 Å². The molecule has 0 aliphatic heterocycles. The van der Waals surface area contributed by atoms with Crippen LogP contribution >= 0.6 is 11.6 Å². The van der Waals surface area contributed by atoms with Gasteiger partial charge in [0.2, 0.25) is 0 Å². The predicted molar refractivity (Wildman–Crippen MR) is 97.3 cm³/mol. The average molecular weight is 373 g/mol. The number of ether oxygens (including phenoxy) is 2. The molecule has 0 aliphatic rings. The summed E-state index contributed by atoms with van der Waals surface area (Å²) in [4.78, 5) is 23.7. The van der Waals surface area contributed by atoms with Crippen LogP contribution in [0.15, 0.2) is 42.5 Å². The normalized spacial score (nSPS) is 10.1. The maximum absolute atomic E-state index is 11.9. The minimum absolute atomic E-state index is 0.196. The van der Waals surface area contributed by atoms with Gasteiger partial charge in [0.25, 0.3) is 5.91 Å². The molecule has 7 heteroatoms. The molecular formula is C19H17ClN2O4. The molecule has 134 valence electrons. The van der Waals surface area contributed by atoms with Crippen molar-refractivity contribution in [2.45, 2.75) is 20.0 Å². The number of benzene rings is 2. The smallest absolute Gasteiger partial charge is 0.338 e. The Labute approximate surface area is 156 Å². The Bertz CT molecular complexity index is 842. The van der Waals surface area contributed by atoms with Gasteiger partial charge in [-0.25, -0.2) is 4.79 Å². The van der Waals surface area contributed by atoms with E-state index in [-0.39, 0.29) is 23.6 Å². The molecule has 6 nitrogen and oxygen atoms in total. The van der Waals surface area contributed by atoms with Gasteiger partial charge in [-0.3, -0.25) is 4.79 Å². The number of hydrogen-bond acceptors (Lipinski definition) is 5. The monoisotopic (exact) mass is 372 g/mol. The summed E-state index contributed by atoms with van der Waals surface area (Å²) < 4.78 is 10.5. The lowest BCUT2D eigenvalue weighted by Crippen LogP contribution is -2.20. The van der Waals surface area contributed by atoms with Crippen LogP contribution in [0.25, 0.3) is 0 Å². The number of hydrogen-bond donors (Lipinski definition) is 1. The SMILES string of the molecule is CC(C)OC(=O)c1ccc(OCC(=O)Nc2ccc(C#N)c(Cl)c2)cc1. The van der Waals surface area contributed by atoms with Gasteiger partial charge in [0, 0.05) is 5.69 Å². The first-order valence-electron chi connectivity index (χ1n) is 7.82. The molecule has 0 saturated heterocycles. The third-order valence-electron chi connectivity index (χ3n) is 3.18. The standard InChI is InChI=1S/C19H17ClN2O4/c1-12(2)26-19(24)13-4-7-16(8-5-13)25-11-18(23)22-15-6-3-14(10-21)17(20)9-15/h3-9,12H,11H2,1-2H3,(H,22,23). The van der Waals surface area contributed by atoms with Gasteiger partial charge >= 0.3 is 5.97 Å². The highest BCUT2D eigenvalue weighted by atomic mass is 35.5. The van der Waals surface area contributed by atoms with E-state index in [1.807, 2.05) is 6.07 Å². The fourth-order valence-corrected chi connectivity index (χ4v) is 2.22. The zero-order valence-electron chi connectivity index (χ0n) is 14.3. The van der Waals surface area contributed by atoms with E-state index in [4.69, 9.17) is 26.3 Å². The molecule has 2 aromatic rings.